The van der Waals surface area contributed by atoms with Crippen LogP contribution in [0.4, 0.5) is 5.69 Å². The van der Waals surface area contributed by atoms with Gasteiger partial charge in [0.1, 0.15) is 5.75 Å². The molecule has 0 bridgehead atoms. The van der Waals surface area contributed by atoms with Crippen LogP contribution in [0.5, 0.6) is 5.75 Å². The summed E-state index contributed by atoms with van der Waals surface area (Å²) < 4.78 is 9.86. The summed E-state index contributed by atoms with van der Waals surface area (Å²) in [5.41, 5.74) is 2.02. The summed E-state index contributed by atoms with van der Waals surface area (Å²) in [6.45, 7) is 0. The molecule has 3 rings (SSSR count). The van der Waals surface area contributed by atoms with Gasteiger partial charge in [-0.2, -0.15) is 10.1 Å². The molecule has 2 aromatic rings. The van der Waals surface area contributed by atoms with Crippen molar-refractivity contribution >= 4 is 41.0 Å². The van der Waals surface area contributed by atoms with Crippen LogP contribution in [0.2, 0.25) is 5.02 Å². The number of hydrazone groups is 1. The van der Waals surface area contributed by atoms with Crippen molar-refractivity contribution in [3.63, 3.8) is 0 Å². The van der Waals surface area contributed by atoms with Gasteiger partial charge >= 0.3 is 5.97 Å². The molecular formula is C20H17ClN2O4. The lowest BCUT2D eigenvalue weighted by molar-refractivity contribution is -0.139. The fraction of sp³-hybridized carbons (Fsp3) is 0.150. The smallest absolute Gasteiger partial charge is 0.311 e. The molecule has 0 fully saturated rings. The largest absolute Gasteiger partial charge is 0.497 e. The molecule has 6 nitrogen and oxygen atoms in total. The second-order valence-corrected chi connectivity index (χ2v) is 6.16. The number of rotatable bonds is 5. The fourth-order valence-electron chi connectivity index (χ4n) is 2.57. The van der Waals surface area contributed by atoms with E-state index in [0.29, 0.717) is 27.7 Å². The van der Waals surface area contributed by atoms with E-state index in [0.717, 1.165) is 5.56 Å². The Hall–Kier alpha value is -3.12. The number of amides is 1. The van der Waals surface area contributed by atoms with Gasteiger partial charge in [0, 0.05) is 5.02 Å². The van der Waals surface area contributed by atoms with Crippen LogP contribution < -0.4 is 9.75 Å². The summed E-state index contributed by atoms with van der Waals surface area (Å²) >= 11 is 5.91. The van der Waals surface area contributed by atoms with E-state index in [-0.39, 0.29) is 12.3 Å². The molecule has 2 aromatic carbocycles. The Morgan fingerprint density at radius 1 is 1.11 bits per heavy atom. The summed E-state index contributed by atoms with van der Waals surface area (Å²) in [7, 11) is 2.86. The Morgan fingerprint density at radius 3 is 2.37 bits per heavy atom. The van der Waals surface area contributed by atoms with E-state index in [2.05, 4.69) is 5.10 Å². The van der Waals surface area contributed by atoms with Gasteiger partial charge in [-0.05, 0) is 48.0 Å². The highest BCUT2D eigenvalue weighted by atomic mass is 35.5. The van der Waals surface area contributed by atoms with Crippen LogP contribution in [0.25, 0.3) is 6.08 Å². The number of methoxy groups -OCH3 is 2. The minimum Gasteiger partial charge on any atom is -0.497 e. The number of carbonyl (C=O) groups excluding carboxylic acids is 2. The lowest BCUT2D eigenvalue weighted by atomic mass is 10.0. The van der Waals surface area contributed by atoms with Gasteiger partial charge in [0.2, 0.25) is 0 Å². The zero-order valence-corrected chi connectivity index (χ0v) is 15.6. The molecule has 7 heteroatoms. The van der Waals surface area contributed by atoms with E-state index in [9.17, 15) is 9.59 Å². The van der Waals surface area contributed by atoms with E-state index in [1.165, 1.54) is 12.1 Å². The molecule has 1 aliphatic rings. The number of benzene rings is 2. The van der Waals surface area contributed by atoms with Crippen LogP contribution in [0.1, 0.15) is 12.0 Å². The summed E-state index contributed by atoms with van der Waals surface area (Å²) in [5, 5.41) is 6.20. The van der Waals surface area contributed by atoms with E-state index < -0.39 is 5.97 Å². The molecule has 138 valence electrons. The first-order valence-corrected chi connectivity index (χ1v) is 8.50. The van der Waals surface area contributed by atoms with E-state index in [1.807, 2.05) is 0 Å². The molecule has 1 aliphatic heterocycles. The third-order valence-corrected chi connectivity index (χ3v) is 4.24. The van der Waals surface area contributed by atoms with E-state index in [4.69, 9.17) is 21.1 Å². The van der Waals surface area contributed by atoms with E-state index in [1.54, 1.807) is 61.7 Å². The zero-order valence-electron chi connectivity index (χ0n) is 14.8. The van der Waals surface area contributed by atoms with Crippen molar-refractivity contribution in [3.05, 3.63) is 64.7 Å². The second-order valence-electron chi connectivity index (χ2n) is 5.72. The molecule has 1 amide bonds. The predicted molar refractivity (Wildman–Crippen MR) is 104 cm³/mol. The molecule has 0 N–H and O–H groups in total. The van der Waals surface area contributed by atoms with Gasteiger partial charge in [0.05, 0.1) is 37.6 Å². The Labute approximate surface area is 161 Å². The van der Waals surface area contributed by atoms with Crippen LogP contribution in [-0.4, -0.2) is 31.8 Å². The van der Waals surface area contributed by atoms with Gasteiger partial charge in [-0.3, -0.25) is 9.59 Å². The number of hydrogen-bond donors (Lipinski definition) is 0. The highest BCUT2D eigenvalue weighted by Gasteiger charge is 2.32. The number of carbonyl (C=O) groups is 2. The average Bonchev–Trinajstić information content (AvgIpc) is 2.99. The maximum Gasteiger partial charge on any atom is 0.311 e. The Bertz CT molecular complexity index is 918. The van der Waals surface area contributed by atoms with Crippen molar-refractivity contribution in [1.82, 2.24) is 0 Å². The average molecular weight is 385 g/mol. The lowest BCUT2D eigenvalue weighted by Gasteiger charge is -2.12. The highest BCUT2D eigenvalue weighted by molar-refractivity contribution is 6.35. The molecule has 27 heavy (non-hydrogen) atoms. The normalized spacial score (nSPS) is 15.1. The standard InChI is InChI=1S/C20H17ClN2O4/c1-26-16-9-7-15(8-10-16)23-20(25)17(18(22-23)12-19(24)27-2)11-13-3-5-14(21)6-4-13/h3-11H,12H2,1-2H3. The van der Waals surface area contributed by atoms with Gasteiger partial charge < -0.3 is 9.47 Å². The molecule has 0 spiro atoms. The van der Waals surface area contributed by atoms with Gasteiger partial charge in [0.25, 0.3) is 5.91 Å². The molecule has 0 saturated heterocycles. The number of hydrogen-bond acceptors (Lipinski definition) is 5. The maximum absolute atomic E-state index is 12.9. The third-order valence-electron chi connectivity index (χ3n) is 3.99. The first-order chi connectivity index (χ1) is 13.0. The molecule has 0 aromatic heterocycles. The first kappa shape index (κ1) is 18.7. The Balaban J connectivity index is 1.98. The Kier molecular flexibility index (Phi) is 5.57. The first-order valence-electron chi connectivity index (χ1n) is 8.12. The van der Waals surface area contributed by atoms with Gasteiger partial charge in [0.15, 0.2) is 0 Å². The van der Waals surface area contributed by atoms with Gasteiger partial charge in [-0.15, -0.1) is 0 Å². The third kappa shape index (κ3) is 4.17. The molecule has 0 atom stereocenters. The van der Waals surface area contributed by atoms with Crippen molar-refractivity contribution in [2.24, 2.45) is 5.10 Å². The second kappa shape index (κ2) is 8.05. The summed E-state index contributed by atoms with van der Waals surface area (Å²) in [6, 6.07) is 13.9. The van der Waals surface area contributed by atoms with Crippen molar-refractivity contribution in [2.75, 3.05) is 19.2 Å². The number of ether oxygens (including phenoxy) is 2. The van der Waals surface area contributed by atoms with Crippen molar-refractivity contribution < 1.29 is 19.1 Å². The monoisotopic (exact) mass is 384 g/mol. The van der Waals surface area contributed by atoms with Crippen LogP contribution >= 0.6 is 11.6 Å². The minimum atomic E-state index is -0.472. The molecule has 0 aliphatic carbocycles. The number of esters is 1. The fourth-order valence-corrected chi connectivity index (χ4v) is 2.69. The van der Waals surface area contributed by atoms with Crippen LogP contribution in [-0.2, 0) is 14.3 Å². The summed E-state index contributed by atoms with van der Waals surface area (Å²) in [4.78, 5) is 24.7. The predicted octanol–water partition coefficient (Wildman–Crippen LogP) is 3.70. The molecule has 0 radical (unpaired) electrons. The van der Waals surface area contributed by atoms with Crippen molar-refractivity contribution in [1.29, 1.82) is 0 Å². The minimum absolute atomic E-state index is 0.103. The zero-order chi connectivity index (χ0) is 19.4. The van der Waals surface area contributed by atoms with Crippen molar-refractivity contribution in [2.45, 2.75) is 6.42 Å². The molecule has 0 saturated carbocycles. The number of anilines is 1. The van der Waals surface area contributed by atoms with Gasteiger partial charge in [-0.1, -0.05) is 23.7 Å². The van der Waals surface area contributed by atoms with Crippen LogP contribution in [0.3, 0.4) is 0 Å². The lowest BCUT2D eigenvalue weighted by Crippen LogP contribution is -2.21. The SMILES string of the molecule is COC(=O)CC1=NN(c2ccc(OC)cc2)C(=O)C1=Cc1ccc(Cl)cc1. The number of nitrogens with zero attached hydrogens (tertiary/aromatic N) is 2. The molecular weight excluding hydrogens is 368 g/mol. The number of halogens is 1. The quantitative estimate of drug-likeness (QED) is 0.582. The van der Waals surface area contributed by atoms with Gasteiger partial charge in [-0.25, -0.2) is 0 Å². The highest BCUT2D eigenvalue weighted by Crippen LogP contribution is 2.28. The van der Waals surface area contributed by atoms with E-state index >= 15 is 0 Å². The van der Waals surface area contributed by atoms with Crippen LogP contribution in [0, 0.1) is 0 Å². The maximum atomic E-state index is 12.9. The molecule has 0 unspecified atom stereocenters. The topological polar surface area (TPSA) is 68.2 Å². The Morgan fingerprint density at radius 2 is 1.78 bits per heavy atom. The summed E-state index contributed by atoms with van der Waals surface area (Å²) in [6.07, 6.45) is 1.58. The van der Waals surface area contributed by atoms with Crippen molar-refractivity contribution in [3.8, 4) is 5.75 Å². The van der Waals surface area contributed by atoms with Crippen LogP contribution in [0.15, 0.2) is 59.2 Å². The molecule has 1 heterocycles. The summed E-state index contributed by atoms with van der Waals surface area (Å²) in [5.74, 6) is -0.129.